The van der Waals surface area contributed by atoms with E-state index in [1.807, 2.05) is 0 Å². The van der Waals surface area contributed by atoms with Crippen LogP contribution in [0.3, 0.4) is 0 Å². The first kappa shape index (κ1) is 14.8. The zero-order valence-electron chi connectivity index (χ0n) is 9.72. The van der Waals surface area contributed by atoms with Gasteiger partial charge in [-0.3, -0.25) is 19.2 Å². The van der Waals surface area contributed by atoms with E-state index < -0.39 is 41.6 Å². The molecule has 0 heterocycles. The second-order valence-corrected chi connectivity index (χ2v) is 4.24. The highest BCUT2D eigenvalue weighted by atomic mass is 16.6. The smallest absolute Gasteiger partial charge is 0.317 e. The van der Waals surface area contributed by atoms with Crippen LogP contribution in [0.4, 0.5) is 0 Å². The van der Waals surface area contributed by atoms with Gasteiger partial charge in [0.15, 0.2) is 0 Å². The van der Waals surface area contributed by atoms with E-state index in [-0.39, 0.29) is 19.3 Å². The third kappa shape index (κ3) is 2.95. The van der Waals surface area contributed by atoms with Crippen molar-refractivity contribution in [3.63, 3.8) is 0 Å². The Morgan fingerprint density at radius 1 is 1.00 bits per heavy atom. The highest BCUT2D eigenvalue weighted by molar-refractivity contribution is 5.89. The lowest BCUT2D eigenvalue weighted by atomic mass is 9.67. The average Bonchev–Trinajstić information content (AvgIpc) is 2.36. The van der Waals surface area contributed by atoms with Crippen LogP contribution < -0.4 is 0 Å². The van der Waals surface area contributed by atoms with Gasteiger partial charge in [-0.15, -0.1) is 0 Å². The molecule has 19 heavy (non-hydrogen) atoms. The van der Waals surface area contributed by atoms with E-state index >= 15 is 0 Å². The van der Waals surface area contributed by atoms with Crippen molar-refractivity contribution >= 4 is 30.7 Å². The molecule has 1 fully saturated rings. The number of hydrogen-bond acceptors (Lipinski definition) is 6. The van der Waals surface area contributed by atoms with Crippen LogP contribution in [0.1, 0.15) is 12.8 Å². The molecule has 104 valence electrons. The van der Waals surface area contributed by atoms with Gasteiger partial charge >= 0.3 is 24.4 Å². The van der Waals surface area contributed by atoms with Crippen LogP contribution in [-0.4, -0.2) is 40.9 Å². The normalized spacial score (nSPS) is 30.1. The Kier molecular flexibility index (Phi) is 4.74. The van der Waals surface area contributed by atoms with Crippen molar-refractivity contribution in [2.24, 2.45) is 23.7 Å². The number of aliphatic carboxylic acids is 2. The molecule has 2 N–H and O–H groups in total. The maximum Gasteiger partial charge on any atom is 0.317 e. The van der Waals surface area contributed by atoms with Crippen molar-refractivity contribution < 1.29 is 38.9 Å². The fraction of sp³-hybridized carbons (Fsp3) is 0.545. The Labute approximate surface area is 107 Å². The van der Waals surface area contributed by atoms with Crippen LogP contribution in [0.5, 0.6) is 0 Å². The van der Waals surface area contributed by atoms with Crippen LogP contribution in [0, 0.1) is 23.7 Å². The summed E-state index contributed by atoms with van der Waals surface area (Å²) in [7, 11) is 0. The average molecular weight is 272 g/mol. The predicted octanol–water partition coefficient (Wildman–Crippen LogP) is -0.687. The van der Waals surface area contributed by atoms with Gasteiger partial charge in [-0.25, -0.2) is 0 Å². The van der Waals surface area contributed by atoms with Gasteiger partial charge in [0.2, 0.25) is 0 Å². The molecule has 4 atom stereocenters. The van der Waals surface area contributed by atoms with Gasteiger partial charge in [0.25, 0.3) is 0 Å². The van der Waals surface area contributed by atoms with Gasteiger partial charge in [0.05, 0.1) is 17.8 Å². The summed E-state index contributed by atoms with van der Waals surface area (Å²) >= 11 is 0. The van der Waals surface area contributed by atoms with E-state index in [1.54, 1.807) is 0 Å². The first-order chi connectivity index (χ1) is 8.93. The minimum absolute atomic E-state index is 0.0170. The van der Waals surface area contributed by atoms with Gasteiger partial charge < -0.3 is 19.7 Å². The number of hydrogen-bond donors (Lipinski definition) is 2. The van der Waals surface area contributed by atoms with Crippen LogP contribution in [0.2, 0.25) is 0 Å². The van der Waals surface area contributed by atoms with E-state index in [0.29, 0.717) is 6.29 Å². The highest BCUT2D eigenvalue weighted by Gasteiger charge is 2.50. The second-order valence-electron chi connectivity index (χ2n) is 4.24. The topological polar surface area (TPSA) is 135 Å². The van der Waals surface area contributed by atoms with Gasteiger partial charge in [0, 0.05) is 5.92 Å². The molecule has 8 heteroatoms. The van der Waals surface area contributed by atoms with E-state index in [9.17, 15) is 24.0 Å². The summed E-state index contributed by atoms with van der Waals surface area (Å²) in [6, 6.07) is 0. The lowest BCUT2D eigenvalue weighted by Crippen LogP contribution is -2.47. The van der Waals surface area contributed by atoms with Gasteiger partial charge in [-0.1, -0.05) is 0 Å². The molecule has 0 aromatic heterocycles. The lowest BCUT2D eigenvalue weighted by molar-refractivity contribution is -0.171. The van der Waals surface area contributed by atoms with Crippen molar-refractivity contribution in [1.29, 1.82) is 0 Å². The SMILES string of the molecule is O=COC(=O)C1CCC(C=O)C(C(=O)O)C1C(=O)O. The first-order valence-electron chi connectivity index (χ1n) is 5.49. The molecular formula is C11H12O8. The van der Waals surface area contributed by atoms with E-state index in [1.165, 1.54) is 0 Å². The Morgan fingerprint density at radius 2 is 1.58 bits per heavy atom. The summed E-state index contributed by atoms with van der Waals surface area (Å²) in [4.78, 5) is 54.7. The van der Waals surface area contributed by atoms with Crippen LogP contribution in [0.15, 0.2) is 0 Å². The monoisotopic (exact) mass is 272 g/mol. The van der Waals surface area contributed by atoms with Crippen molar-refractivity contribution in [1.82, 2.24) is 0 Å². The standard InChI is InChI=1S/C11H12O8/c12-3-5-1-2-6(11(18)19-4-13)8(10(16)17)7(5)9(14)15/h3-8H,1-2H2,(H,14,15)(H,16,17). The molecule has 8 nitrogen and oxygen atoms in total. The van der Waals surface area contributed by atoms with E-state index in [2.05, 4.69) is 4.74 Å². The summed E-state index contributed by atoms with van der Waals surface area (Å²) in [5.74, 6) is -9.38. The van der Waals surface area contributed by atoms with Crippen LogP contribution >= 0.6 is 0 Å². The van der Waals surface area contributed by atoms with E-state index in [4.69, 9.17) is 10.2 Å². The van der Waals surface area contributed by atoms with Crippen molar-refractivity contribution in [3.8, 4) is 0 Å². The summed E-state index contributed by atoms with van der Waals surface area (Å²) in [5, 5.41) is 18.1. The summed E-state index contributed by atoms with van der Waals surface area (Å²) < 4.78 is 4.09. The van der Waals surface area contributed by atoms with Crippen molar-refractivity contribution in [3.05, 3.63) is 0 Å². The molecule has 0 spiro atoms. The maximum absolute atomic E-state index is 11.5. The fourth-order valence-corrected chi connectivity index (χ4v) is 2.46. The van der Waals surface area contributed by atoms with Gasteiger partial charge in [-0.05, 0) is 12.8 Å². The Balaban J connectivity index is 3.11. The molecule has 0 saturated heterocycles. The molecule has 1 rings (SSSR count). The summed E-state index contributed by atoms with van der Waals surface area (Å²) in [6.45, 7) is -0.136. The van der Waals surface area contributed by atoms with Crippen molar-refractivity contribution in [2.45, 2.75) is 12.8 Å². The number of carboxylic acid groups (broad SMARTS) is 2. The number of ether oxygens (including phenoxy) is 1. The molecule has 0 aromatic rings. The van der Waals surface area contributed by atoms with Crippen LogP contribution in [0.25, 0.3) is 0 Å². The molecule has 0 radical (unpaired) electrons. The van der Waals surface area contributed by atoms with Gasteiger partial charge in [0.1, 0.15) is 6.29 Å². The zero-order valence-corrected chi connectivity index (χ0v) is 9.72. The molecule has 0 bridgehead atoms. The van der Waals surface area contributed by atoms with Crippen LogP contribution in [-0.2, 0) is 28.7 Å². The van der Waals surface area contributed by atoms with Gasteiger partial charge in [-0.2, -0.15) is 0 Å². The van der Waals surface area contributed by atoms with Crippen molar-refractivity contribution in [2.75, 3.05) is 0 Å². The molecule has 0 amide bonds. The number of rotatable bonds is 5. The number of aldehydes is 1. The number of esters is 1. The number of carboxylic acids is 2. The molecule has 1 aliphatic rings. The third-order valence-electron chi connectivity index (χ3n) is 3.30. The zero-order chi connectivity index (χ0) is 14.6. The largest absolute Gasteiger partial charge is 0.481 e. The predicted molar refractivity (Wildman–Crippen MR) is 56.7 cm³/mol. The number of carbonyl (C=O) groups is 5. The molecular weight excluding hydrogens is 260 g/mol. The third-order valence-corrected chi connectivity index (χ3v) is 3.30. The molecule has 1 saturated carbocycles. The maximum atomic E-state index is 11.5. The van der Waals surface area contributed by atoms with E-state index in [0.717, 1.165) is 0 Å². The quantitative estimate of drug-likeness (QED) is 0.381. The second kappa shape index (κ2) is 6.07. The summed E-state index contributed by atoms with van der Waals surface area (Å²) in [5.41, 5.74) is 0. The minimum Gasteiger partial charge on any atom is -0.481 e. The molecule has 4 unspecified atom stereocenters. The highest BCUT2D eigenvalue weighted by Crippen LogP contribution is 2.39. The Hall–Kier alpha value is -2.25. The fourth-order valence-electron chi connectivity index (χ4n) is 2.46. The molecule has 0 aliphatic heterocycles. The lowest BCUT2D eigenvalue weighted by Gasteiger charge is -2.34. The molecule has 1 aliphatic carbocycles. The summed E-state index contributed by atoms with van der Waals surface area (Å²) in [6.07, 6.45) is 0.426. The minimum atomic E-state index is -1.59. The number of carbonyl (C=O) groups excluding carboxylic acids is 3. The first-order valence-corrected chi connectivity index (χ1v) is 5.49. The Bertz CT molecular complexity index is 415. The Morgan fingerprint density at radius 3 is 2.00 bits per heavy atom. The molecule has 0 aromatic carbocycles.